The lowest BCUT2D eigenvalue weighted by atomic mass is 9.85. The van der Waals surface area contributed by atoms with E-state index in [2.05, 4.69) is 35.2 Å². The van der Waals surface area contributed by atoms with Gasteiger partial charge in [0.05, 0.1) is 22.2 Å². The van der Waals surface area contributed by atoms with Crippen LogP contribution in [0.15, 0.2) is 91.5 Å². The van der Waals surface area contributed by atoms with Crippen molar-refractivity contribution in [3.8, 4) is 22.3 Å². The van der Waals surface area contributed by atoms with Crippen LogP contribution in [0, 0.1) is 20.8 Å². The largest absolute Gasteiger partial charge is 0.364 e. The first kappa shape index (κ1) is 39.0. The molecule has 14 heteroatoms. The van der Waals surface area contributed by atoms with E-state index >= 15 is 0 Å². The molecule has 58 heavy (non-hydrogen) atoms. The van der Waals surface area contributed by atoms with Gasteiger partial charge in [-0.1, -0.05) is 36.4 Å². The van der Waals surface area contributed by atoms with Gasteiger partial charge in [0.1, 0.15) is 34.7 Å². The standard InChI is InChI=1S/C23H23N5O2.C21H19N5O2/c1-13-6-9-19(27-20(13)21(29)24-5)28-18-10-15(16-11-25-14(2)26-12-16)7-8-17(18)23(3,4)22(28)30;1-12-23-10-14(11-24-12)13-7-8-15-17(9-13)26(20(28)21(15,2)3)18-6-4-5-16(25-18)19(22)27/h6-12H,1-5H3,(H,24,29);4-11H,1-3H3,(H2,22,27). The smallest absolute Gasteiger partial charge is 0.269 e. The molecule has 0 unspecified atom stereocenters. The van der Waals surface area contributed by atoms with E-state index in [0.717, 1.165) is 50.3 Å². The SMILES string of the molecule is CNC(=O)c1nc(N2C(=O)C(C)(C)c3ccc(-c4cnc(C)nc4)cc32)ccc1C.Cc1ncc(-c2ccc3c(c2)N(c2cccc(C(N)=O)n2)C(=O)C3(C)C)cn1. The van der Waals surface area contributed by atoms with Gasteiger partial charge in [-0.25, -0.2) is 29.9 Å². The normalized spacial score (nSPS) is 14.7. The summed E-state index contributed by atoms with van der Waals surface area (Å²) < 4.78 is 0. The fourth-order valence-corrected chi connectivity index (χ4v) is 7.07. The number of amides is 4. The highest BCUT2D eigenvalue weighted by Crippen LogP contribution is 2.47. The van der Waals surface area contributed by atoms with E-state index in [4.69, 9.17) is 5.73 Å². The summed E-state index contributed by atoms with van der Waals surface area (Å²) in [6.45, 7) is 13.0. The molecule has 8 rings (SSSR count). The van der Waals surface area contributed by atoms with Crippen molar-refractivity contribution in [1.29, 1.82) is 0 Å². The van der Waals surface area contributed by atoms with Crippen LogP contribution in [0.25, 0.3) is 22.3 Å². The highest BCUT2D eigenvalue weighted by molar-refractivity contribution is 6.13. The Bertz CT molecular complexity index is 2640. The quantitative estimate of drug-likeness (QED) is 0.192. The average molecular weight is 775 g/mol. The maximum atomic E-state index is 13.4. The number of pyridine rings is 2. The maximum absolute atomic E-state index is 13.4. The van der Waals surface area contributed by atoms with E-state index in [1.807, 2.05) is 90.9 Å². The summed E-state index contributed by atoms with van der Waals surface area (Å²) in [6.07, 6.45) is 7.04. The van der Waals surface area contributed by atoms with Crippen LogP contribution < -0.4 is 20.9 Å². The van der Waals surface area contributed by atoms with E-state index in [9.17, 15) is 19.2 Å². The molecule has 0 radical (unpaired) electrons. The molecule has 292 valence electrons. The van der Waals surface area contributed by atoms with Crippen LogP contribution in [0.3, 0.4) is 0 Å². The van der Waals surface area contributed by atoms with Crippen LogP contribution in [0.5, 0.6) is 0 Å². The van der Waals surface area contributed by atoms with Crippen LogP contribution in [0.4, 0.5) is 23.0 Å². The number of carbonyl (C=O) groups is 4. The maximum Gasteiger partial charge on any atom is 0.269 e. The van der Waals surface area contributed by atoms with E-state index < -0.39 is 16.7 Å². The van der Waals surface area contributed by atoms with Gasteiger partial charge in [0.25, 0.3) is 11.8 Å². The Morgan fingerprint density at radius 3 is 1.53 bits per heavy atom. The van der Waals surface area contributed by atoms with Crippen LogP contribution in [-0.4, -0.2) is 60.6 Å². The number of nitrogens with two attached hydrogens (primary N) is 1. The third kappa shape index (κ3) is 6.82. The van der Waals surface area contributed by atoms with Crippen molar-refractivity contribution < 1.29 is 19.2 Å². The third-order valence-electron chi connectivity index (χ3n) is 10.5. The molecule has 2 aliphatic heterocycles. The molecule has 0 atom stereocenters. The minimum Gasteiger partial charge on any atom is -0.364 e. The fraction of sp³-hybridized carbons (Fsp3) is 0.227. The predicted octanol–water partition coefficient (Wildman–Crippen LogP) is 6.37. The Morgan fingerprint density at radius 1 is 0.621 bits per heavy atom. The highest BCUT2D eigenvalue weighted by Gasteiger charge is 2.46. The lowest BCUT2D eigenvalue weighted by Crippen LogP contribution is -2.34. The van der Waals surface area contributed by atoms with Crippen molar-refractivity contribution in [3.05, 3.63) is 131 Å². The molecule has 6 heterocycles. The number of nitrogens with zero attached hydrogens (tertiary/aromatic N) is 8. The van der Waals surface area contributed by atoms with Gasteiger partial charge in [-0.2, -0.15) is 0 Å². The van der Waals surface area contributed by atoms with Crippen molar-refractivity contribution in [3.63, 3.8) is 0 Å². The average Bonchev–Trinajstić information content (AvgIpc) is 3.54. The molecule has 4 amide bonds. The van der Waals surface area contributed by atoms with Gasteiger partial charge in [-0.3, -0.25) is 29.0 Å². The predicted molar refractivity (Wildman–Crippen MR) is 220 cm³/mol. The monoisotopic (exact) mass is 774 g/mol. The number of hydrogen-bond acceptors (Lipinski definition) is 10. The number of aryl methyl sites for hydroxylation is 3. The minimum atomic E-state index is -0.720. The summed E-state index contributed by atoms with van der Waals surface area (Å²) in [6, 6.07) is 20.2. The minimum absolute atomic E-state index is 0.0889. The first-order valence-electron chi connectivity index (χ1n) is 18.6. The van der Waals surface area contributed by atoms with Gasteiger partial charge in [-0.15, -0.1) is 0 Å². The summed E-state index contributed by atoms with van der Waals surface area (Å²) in [4.78, 5) is 79.3. The molecule has 2 aromatic carbocycles. The zero-order valence-electron chi connectivity index (χ0n) is 33.4. The number of primary amides is 1. The number of rotatable bonds is 6. The summed E-state index contributed by atoms with van der Waals surface area (Å²) in [5.74, 6) is 1.05. The molecule has 4 aromatic heterocycles. The van der Waals surface area contributed by atoms with Crippen molar-refractivity contribution in [2.24, 2.45) is 5.73 Å². The molecular formula is C44H42N10O4. The summed E-state index contributed by atoms with van der Waals surface area (Å²) in [5.41, 5.74) is 11.9. The molecule has 0 saturated carbocycles. The molecule has 2 aliphatic rings. The van der Waals surface area contributed by atoms with E-state index in [-0.39, 0.29) is 23.4 Å². The number of carbonyl (C=O) groups excluding carboxylic acids is 4. The number of anilines is 4. The molecule has 0 spiro atoms. The Morgan fingerprint density at radius 2 is 1.09 bits per heavy atom. The van der Waals surface area contributed by atoms with Gasteiger partial charge in [0.2, 0.25) is 11.8 Å². The number of benzene rings is 2. The first-order chi connectivity index (χ1) is 27.5. The summed E-state index contributed by atoms with van der Waals surface area (Å²) in [5, 5.41) is 2.60. The summed E-state index contributed by atoms with van der Waals surface area (Å²) in [7, 11) is 1.56. The third-order valence-corrected chi connectivity index (χ3v) is 10.5. The van der Waals surface area contributed by atoms with Crippen LogP contribution in [0.1, 0.15) is 77.0 Å². The number of aromatic nitrogens is 6. The molecule has 3 N–H and O–H groups in total. The van der Waals surface area contributed by atoms with Gasteiger partial charge in [0.15, 0.2) is 0 Å². The topological polar surface area (TPSA) is 190 Å². The van der Waals surface area contributed by atoms with Gasteiger partial charge >= 0.3 is 0 Å². The van der Waals surface area contributed by atoms with Crippen LogP contribution >= 0.6 is 0 Å². The van der Waals surface area contributed by atoms with Crippen LogP contribution in [0.2, 0.25) is 0 Å². The molecule has 0 bridgehead atoms. The Balaban J connectivity index is 0.000000177. The summed E-state index contributed by atoms with van der Waals surface area (Å²) >= 11 is 0. The fourth-order valence-electron chi connectivity index (χ4n) is 7.07. The molecule has 0 fully saturated rings. The Kier molecular flexibility index (Phi) is 9.89. The molecular weight excluding hydrogens is 733 g/mol. The van der Waals surface area contributed by atoms with Crippen molar-refractivity contribution in [1.82, 2.24) is 35.2 Å². The first-order valence-corrected chi connectivity index (χ1v) is 18.6. The molecule has 6 aromatic rings. The Labute approximate surface area is 335 Å². The number of nitrogens with one attached hydrogen (secondary N) is 1. The van der Waals surface area contributed by atoms with Gasteiger partial charge in [0, 0.05) is 43.0 Å². The van der Waals surface area contributed by atoms with Gasteiger partial charge < -0.3 is 11.1 Å². The second kappa shape index (κ2) is 14.7. The van der Waals surface area contributed by atoms with E-state index in [1.165, 1.54) is 6.07 Å². The second-order valence-electron chi connectivity index (χ2n) is 15.2. The molecule has 0 aliphatic carbocycles. The van der Waals surface area contributed by atoms with E-state index in [0.29, 0.717) is 29.0 Å². The van der Waals surface area contributed by atoms with Crippen molar-refractivity contribution in [2.45, 2.75) is 59.3 Å². The lowest BCUT2D eigenvalue weighted by molar-refractivity contribution is -0.122. The zero-order chi connectivity index (χ0) is 41.7. The van der Waals surface area contributed by atoms with Crippen molar-refractivity contribution in [2.75, 3.05) is 16.8 Å². The number of fused-ring (bicyclic) bond motifs is 2. The lowest BCUT2D eigenvalue weighted by Gasteiger charge is -2.20. The van der Waals surface area contributed by atoms with Gasteiger partial charge in [-0.05, 0) is 107 Å². The Hall–Kier alpha value is -7.22. The van der Waals surface area contributed by atoms with Crippen LogP contribution in [-0.2, 0) is 20.4 Å². The highest BCUT2D eigenvalue weighted by atomic mass is 16.2. The molecule has 14 nitrogen and oxygen atoms in total. The number of hydrogen-bond donors (Lipinski definition) is 2. The van der Waals surface area contributed by atoms with E-state index in [1.54, 1.807) is 59.8 Å². The van der Waals surface area contributed by atoms with Crippen molar-refractivity contribution >= 4 is 46.6 Å². The zero-order valence-corrected chi connectivity index (χ0v) is 33.4. The second-order valence-corrected chi connectivity index (χ2v) is 15.2. The molecule has 0 saturated heterocycles.